The van der Waals surface area contributed by atoms with Gasteiger partial charge >= 0.3 is 0 Å². The van der Waals surface area contributed by atoms with Gasteiger partial charge in [-0.1, -0.05) is 94.4 Å². The molecule has 0 fully saturated rings. The fraction of sp³-hybridized carbons (Fsp3) is 0.269. The molecule has 1 N–H and O–H groups in total. The van der Waals surface area contributed by atoms with Crippen LogP contribution in [0.4, 0.5) is 0 Å². The van der Waals surface area contributed by atoms with Gasteiger partial charge in [-0.25, -0.2) is 0 Å². The van der Waals surface area contributed by atoms with Gasteiger partial charge in [0.1, 0.15) is 5.75 Å². The first-order valence-corrected chi connectivity index (χ1v) is 9.69. The number of aromatic hydroxyl groups is 1. The molecule has 0 saturated carbocycles. The molecule has 0 aliphatic carbocycles. The minimum Gasteiger partial charge on any atom is -0.507 e. The van der Waals surface area contributed by atoms with Crippen LogP contribution in [0.5, 0.6) is 5.75 Å². The predicted octanol–water partition coefficient (Wildman–Crippen LogP) is 6.09. The molecule has 0 spiro atoms. The van der Waals surface area contributed by atoms with Crippen LogP contribution in [-0.4, -0.2) is 18.4 Å². The Balaban J connectivity index is 2.24. The van der Waals surface area contributed by atoms with Crippen LogP contribution in [0.15, 0.2) is 77.8 Å². The molecular formula is C26H29NO. The molecule has 28 heavy (non-hydrogen) atoms. The molecule has 0 aliphatic rings. The largest absolute Gasteiger partial charge is 0.507 e. The lowest BCUT2D eigenvalue weighted by molar-refractivity contribution is 0.451. The summed E-state index contributed by atoms with van der Waals surface area (Å²) in [5.74, 6) is 0.298. The van der Waals surface area contributed by atoms with Crippen LogP contribution in [0.1, 0.15) is 55.5 Å². The summed E-state index contributed by atoms with van der Waals surface area (Å²) < 4.78 is 0. The van der Waals surface area contributed by atoms with Crippen molar-refractivity contribution in [3.05, 3.63) is 101 Å². The number of phenolic OH excluding ortho intramolecular Hbond substituents is 1. The zero-order valence-electron chi connectivity index (χ0n) is 17.4. The van der Waals surface area contributed by atoms with Gasteiger partial charge in [-0.3, -0.25) is 4.99 Å². The van der Waals surface area contributed by atoms with E-state index < -0.39 is 0 Å². The molecule has 144 valence electrons. The van der Waals surface area contributed by atoms with Crippen molar-refractivity contribution >= 4 is 6.21 Å². The van der Waals surface area contributed by atoms with Gasteiger partial charge in [-0.15, -0.1) is 0 Å². The number of hydrogen-bond acceptors (Lipinski definition) is 2. The molecule has 0 heterocycles. The summed E-state index contributed by atoms with van der Waals surface area (Å²) >= 11 is 0. The van der Waals surface area contributed by atoms with Crippen LogP contribution in [0, 0.1) is 0 Å². The molecule has 3 rings (SSSR count). The second kappa shape index (κ2) is 7.63. The first-order valence-electron chi connectivity index (χ1n) is 9.69. The van der Waals surface area contributed by atoms with Crippen molar-refractivity contribution < 1.29 is 5.11 Å². The van der Waals surface area contributed by atoms with E-state index in [4.69, 9.17) is 0 Å². The molecule has 2 heteroatoms. The van der Waals surface area contributed by atoms with Crippen LogP contribution in [-0.2, 0) is 10.8 Å². The van der Waals surface area contributed by atoms with Crippen molar-refractivity contribution in [1.82, 2.24) is 0 Å². The summed E-state index contributed by atoms with van der Waals surface area (Å²) in [6, 6.07) is 25.0. The summed E-state index contributed by atoms with van der Waals surface area (Å²) in [7, 11) is 1.73. The summed E-state index contributed by atoms with van der Waals surface area (Å²) in [4.78, 5) is 4.17. The van der Waals surface area contributed by atoms with E-state index in [9.17, 15) is 5.11 Å². The normalized spacial score (nSPS) is 12.5. The highest BCUT2D eigenvalue weighted by atomic mass is 16.3. The molecule has 0 aliphatic heterocycles. The van der Waals surface area contributed by atoms with Crippen molar-refractivity contribution in [1.29, 1.82) is 0 Å². The van der Waals surface area contributed by atoms with Crippen molar-refractivity contribution in [2.75, 3.05) is 7.05 Å². The molecule has 0 amide bonds. The van der Waals surface area contributed by atoms with Gasteiger partial charge < -0.3 is 5.11 Å². The average Bonchev–Trinajstić information content (AvgIpc) is 2.70. The summed E-state index contributed by atoms with van der Waals surface area (Å²) in [5, 5.41) is 11.1. The maximum absolute atomic E-state index is 11.1. The van der Waals surface area contributed by atoms with Crippen molar-refractivity contribution in [2.24, 2.45) is 4.99 Å². The number of rotatable bonds is 5. The van der Waals surface area contributed by atoms with Crippen LogP contribution in [0.2, 0.25) is 0 Å². The Morgan fingerprint density at radius 3 is 1.71 bits per heavy atom. The highest BCUT2D eigenvalue weighted by molar-refractivity contribution is 5.85. The van der Waals surface area contributed by atoms with Gasteiger partial charge in [0.25, 0.3) is 0 Å². The van der Waals surface area contributed by atoms with E-state index in [1.54, 1.807) is 13.3 Å². The van der Waals surface area contributed by atoms with Crippen LogP contribution in [0.3, 0.4) is 0 Å². The number of phenols is 1. The third-order valence-electron chi connectivity index (χ3n) is 5.79. The molecule has 0 aromatic heterocycles. The lowest BCUT2D eigenvalue weighted by atomic mass is 9.72. The summed E-state index contributed by atoms with van der Waals surface area (Å²) in [6.07, 6.45) is 1.74. The van der Waals surface area contributed by atoms with Gasteiger partial charge in [-0.2, -0.15) is 0 Å². The Bertz CT molecular complexity index is 970. The smallest absolute Gasteiger partial charge is 0.128 e. The number of aliphatic imine (C=N–C) groups is 1. The molecule has 0 unspecified atom stereocenters. The standard InChI is InChI=1S/C26H29NO/c1-25(2,20-12-8-6-9-13-20)22-16-19(18-27-5)24(28)23(17-22)26(3,4)21-14-10-7-11-15-21/h6-18,28H,1-5H3. The Morgan fingerprint density at radius 2 is 1.21 bits per heavy atom. The Morgan fingerprint density at radius 1 is 0.714 bits per heavy atom. The minimum atomic E-state index is -0.343. The predicted molar refractivity (Wildman–Crippen MR) is 119 cm³/mol. The molecule has 3 aromatic carbocycles. The van der Waals surface area contributed by atoms with Crippen molar-refractivity contribution in [3.63, 3.8) is 0 Å². The van der Waals surface area contributed by atoms with Crippen molar-refractivity contribution in [3.8, 4) is 5.75 Å². The van der Waals surface area contributed by atoms with Crippen LogP contribution < -0.4 is 0 Å². The van der Waals surface area contributed by atoms with Gasteiger partial charge in [0.15, 0.2) is 0 Å². The Labute approximate surface area is 168 Å². The molecule has 3 aromatic rings. The van der Waals surface area contributed by atoms with E-state index in [0.29, 0.717) is 5.75 Å². The van der Waals surface area contributed by atoms with E-state index >= 15 is 0 Å². The van der Waals surface area contributed by atoms with Gasteiger partial charge in [0, 0.05) is 35.2 Å². The average molecular weight is 372 g/mol. The maximum Gasteiger partial charge on any atom is 0.128 e. The van der Waals surface area contributed by atoms with Gasteiger partial charge in [0.2, 0.25) is 0 Å². The highest BCUT2D eigenvalue weighted by Crippen LogP contribution is 2.42. The van der Waals surface area contributed by atoms with E-state index in [-0.39, 0.29) is 10.8 Å². The third kappa shape index (κ3) is 3.60. The quantitative estimate of drug-likeness (QED) is 0.541. The first-order chi connectivity index (χ1) is 13.3. The van der Waals surface area contributed by atoms with Gasteiger partial charge in [-0.05, 0) is 22.8 Å². The molecule has 0 radical (unpaired) electrons. The Kier molecular flexibility index (Phi) is 5.42. The second-order valence-electron chi connectivity index (χ2n) is 8.33. The van der Waals surface area contributed by atoms with E-state index in [0.717, 1.165) is 16.7 Å². The minimum absolute atomic E-state index is 0.202. The third-order valence-corrected chi connectivity index (χ3v) is 5.79. The number of nitrogens with zero attached hydrogens (tertiary/aromatic N) is 1. The molecule has 0 bridgehead atoms. The Hall–Kier alpha value is -2.87. The molecule has 2 nitrogen and oxygen atoms in total. The zero-order valence-corrected chi connectivity index (χ0v) is 17.4. The lowest BCUT2D eigenvalue weighted by Gasteiger charge is -2.32. The zero-order chi connectivity index (χ0) is 20.4. The number of hydrogen-bond donors (Lipinski definition) is 1. The fourth-order valence-electron chi connectivity index (χ4n) is 3.76. The topological polar surface area (TPSA) is 32.6 Å². The maximum atomic E-state index is 11.1. The number of benzene rings is 3. The van der Waals surface area contributed by atoms with Gasteiger partial charge in [0.05, 0.1) is 0 Å². The van der Waals surface area contributed by atoms with Crippen LogP contribution >= 0.6 is 0 Å². The van der Waals surface area contributed by atoms with Crippen LogP contribution in [0.25, 0.3) is 0 Å². The second-order valence-corrected chi connectivity index (χ2v) is 8.33. The molecular weight excluding hydrogens is 342 g/mol. The monoisotopic (exact) mass is 371 g/mol. The van der Waals surface area contributed by atoms with E-state index in [1.165, 1.54) is 11.1 Å². The van der Waals surface area contributed by atoms with E-state index in [2.05, 4.69) is 81.2 Å². The fourth-order valence-corrected chi connectivity index (χ4v) is 3.76. The highest BCUT2D eigenvalue weighted by Gasteiger charge is 2.31. The molecule has 0 atom stereocenters. The van der Waals surface area contributed by atoms with Crippen molar-refractivity contribution in [2.45, 2.75) is 38.5 Å². The summed E-state index contributed by atoms with van der Waals surface area (Å²) in [6.45, 7) is 8.76. The SMILES string of the molecule is CN=Cc1cc(C(C)(C)c2ccccc2)cc(C(C)(C)c2ccccc2)c1O. The first kappa shape index (κ1) is 19.9. The molecule has 0 saturated heterocycles. The summed E-state index contributed by atoms with van der Waals surface area (Å²) in [5.41, 5.74) is 4.68. The van der Waals surface area contributed by atoms with E-state index in [1.807, 2.05) is 24.3 Å². The lowest BCUT2D eigenvalue weighted by Crippen LogP contribution is -2.24.